The van der Waals surface area contributed by atoms with Crippen LogP contribution in [0.25, 0.3) is 10.2 Å². The third-order valence-corrected chi connectivity index (χ3v) is 8.04. The van der Waals surface area contributed by atoms with E-state index in [1.807, 2.05) is 30.3 Å². The van der Waals surface area contributed by atoms with Gasteiger partial charge in [-0.2, -0.15) is 0 Å². The number of hydrogen-bond donors (Lipinski definition) is 1. The number of para-hydroxylation sites is 2. The monoisotopic (exact) mass is 502 g/mol. The van der Waals surface area contributed by atoms with Gasteiger partial charge in [-0.1, -0.05) is 53.3 Å². The topological polar surface area (TPSA) is 86.6 Å². The quantitative estimate of drug-likeness (QED) is 0.432. The average molecular weight is 503 g/mol. The van der Waals surface area contributed by atoms with Crippen LogP contribution in [0.2, 0.25) is 5.02 Å². The van der Waals surface area contributed by atoms with E-state index < -0.39 is 16.1 Å². The molecule has 0 unspecified atom stereocenters. The maximum absolute atomic E-state index is 12.9. The molecule has 1 aromatic heterocycles. The predicted octanol–water partition coefficient (Wildman–Crippen LogP) is 3.88. The molecule has 1 aliphatic rings. The van der Waals surface area contributed by atoms with E-state index >= 15 is 0 Å². The van der Waals surface area contributed by atoms with Crippen molar-refractivity contribution in [2.75, 3.05) is 13.2 Å². The van der Waals surface area contributed by atoms with Crippen molar-refractivity contribution < 1.29 is 17.9 Å². The first kappa shape index (κ1) is 22.0. The van der Waals surface area contributed by atoms with Gasteiger partial charge in [-0.25, -0.2) is 13.1 Å². The summed E-state index contributed by atoms with van der Waals surface area (Å²) >= 11 is 7.24. The molecule has 0 radical (unpaired) electrons. The molecule has 1 N–H and O–H groups in total. The summed E-state index contributed by atoms with van der Waals surface area (Å²) in [4.78, 5) is 12.5. The number of aromatic nitrogens is 1. The number of sulfonamides is 1. The lowest BCUT2D eigenvalue weighted by Gasteiger charge is -2.26. The number of rotatable bonds is 6. The van der Waals surface area contributed by atoms with Gasteiger partial charge >= 0.3 is 4.87 Å². The van der Waals surface area contributed by atoms with Gasteiger partial charge in [0.05, 0.1) is 28.2 Å². The van der Waals surface area contributed by atoms with Crippen LogP contribution in [0.4, 0.5) is 0 Å². The SMILES string of the molecule is O=c1sc2cc(S(=O)(=O)NC[C@H]3COc4ccccc4O3)ccc2n1Cc1ccccc1Cl. The van der Waals surface area contributed by atoms with Crippen LogP contribution >= 0.6 is 22.9 Å². The molecule has 170 valence electrons. The number of ether oxygens (including phenoxy) is 2. The van der Waals surface area contributed by atoms with Crippen molar-refractivity contribution in [1.82, 2.24) is 9.29 Å². The Morgan fingerprint density at radius 1 is 1.06 bits per heavy atom. The van der Waals surface area contributed by atoms with Crippen molar-refractivity contribution in [1.29, 1.82) is 0 Å². The molecule has 10 heteroatoms. The van der Waals surface area contributed by atoms with E-state index in [-0.39, 0.29) is 22.9 Å². The van der Waals surface area contributed by atoms with Crippen LogP contribution in [0.5, 0.6) is 11.5 Å². The van der Waals surface area contributed by atoms with E-state index in [1.54, 1.807) is 28.8 Å². The van der Waals surface area contributed by atoms with E-state index in [9.17, 15) is 13.2 Å². The van der Waals surface area contributed by atoms with E-state index in [2.05, 4.69) is 4.72 Å². The molecule has 7 nitrogen and oxygen atoms in total. The van der Waals surface area contributed by atoms with Gasteiger partial charge in [0.2, 0.25) is 10.0 Å². The van der Waals surface area contributed by atoms with Crippen LogP contribution in [0.3, 0.4) is 0 Å². The molecular formula is C23H19ClN2O5S2. The fourth-order valence-electron chi connectivity index (χ4n) is 3.61. The van der Waals surface area contributed by atoms with Gasteiger partial charge in [0.25, 0.3) is 0 Å². The summed E-state index contributed by atoms with van der Waals surface area (Å²) < 4.78 is 42.0. The zero-order valence-corrected chi connectivity index (χ0v) is 19.6. The minimum Gasteiger partial charge on any atom is -0.486 e. The van der Waals surface area contributed by atoms with Gasteiger partial charge < -0.3 is 9.47 Å². The molecule has 4 aromatic rings. The van der Waals surface area contributed by atoms with Crippen LogP contribution in [0, 0.1) is 0 Å². The lowest BCUT2D eigenvalue weighted by atomic mass is 10.2. The first-order valence-electron chi connectivity index (χ1n) is 10.2. The van der Waals surface area contributed by atoms with Crippen molar-refractivity contribution in [2.24, 2.45) is 0 Å². The molecule has 2 heterocycles. The Morgan fingerprint density at radius 2 is 1.82 bits per heavy atom. The van der Waals surface area contributed by atoms with E-state index in [4.69, 9.17) is 21.1 Å². The van der Waals surface area contributed by atoms with E-state index in [0.717, 1.165) is 16.9 Å². The summed E-state index contributed by atoms with van der Waals surface area (Å²) in [5.74, 6) is 1.22. The molecule has 5 rings (SSSR count). The third kappa shape index (κ3) is 4.49. The molecule has 0 saturated carbocycles. The van der Waals surface area contributed by atoms with Crippen LogP contribution < -0.4 is 19.1 Å². The molecule has 33 heavy (non-hydrogen) atoms. The fraction of sp³-hybridized carbons (Fsp3) is 0.174. The number of nitrogens with zero attached hydrogens (tertiary/aromatic N) is 1. The van der Waals surface area contributed by atoms with E-state index in [0.29, 0.717) is 33.3 Å². The third-order valence-electron chi connectivity index (χ3n) is 5.30. The Balaban J connectivity index is 1.34. The van der Waals surface area contributed by atoms with Gasteiger partial charge in [-0.15, -0.1) is 0 Å². The Hall–Kier alpha value is -2.85. The normalized spacial score (nSPS) is 15.6. The van der Waals surface area contributed by atoms with Crippen LogP contribution in [0.15, 0.2) is 76.4 Å². The number of nitrogens with one attached hydrogen (secondary N) is 1. The highest BCUT2D eigenvalue weighted by atomic mass is 35.5. The lowest BCUT2D eigenvalue weighted by molar-refractivity contribution is 0.0943. The van der Waals surface area contributed by atoms with Crippen molar-refractivity contribution >= 4 is 43.2 Å². The summed E-state index contributed by atoms with van der Waals surface area (Å²) in [6.07, 6.45) is -0.453. The van der Waals surface area contributed by atoms with Crippen LogP contribution in [-0.2, 0) is 16.6 Å². The summed E-state index contributed by atoms with van der Waals surface area (Å²) in [6, 6.07) is 19.2. The number of halogens is 1. The van der Waals surface area contributed by atoms with Crippen molar-refractivity contribution in [2.45, 2.75) is 17.5 Å². The summed E-state index contributed by atoms with van der Waals surface area (Å²) in [6.45, 7) is 0.604. The fourth-order valence-corrected chi connectivity index (χ4v) is 5.90. The Labute approximate surface area is 199 Å². The zero-order chi connectivity index (χ0) is 23.0. The molecule has 0 fully saturated rings. The molecular weight excluding hydrogens is 484 g/mol. The highest BCUT2D eigenvalue weighted by Crippen LogP contribution is 2.31. The smallest absolute Gasteiger partial charge is 0.308 e. The Morgan fingerprint density at radius 3 is 2.64 bits per heavy atom. The van der Waals surface area contributed by atoms with Crippen molar-refractivity contribution in [3.8, 4) is 11.5 Å². The van der Waals surface area contributed by atoms with Crippen LogP contribution in [-0.4, -0.2) is 32.2 Å². The predicted molar refractivity (Wildman–Crippen MR) is 128 cm³/mol. The molecule has 3 aromatic carbocycles. The zero-order valence-electron chi connectivity index (χ0n) is 17.2. The van der Waals surface area contributed by atoms with Gasteiger partial charge in [0, 0.05) is 5.02 Å². The molecule has 0 amide bonds. The van der Waals surface area contributed by atoms with E-state index in [1.165, 1.54) is 12.1 Å². The first-order valence-corrected chi connectivity index (χ1v) is 12.8. The van der Waals surface area contributed by atoms with Gasteiger partial charge in [-0.05, 0) is 42.0 Å². The first-order chi connectivity index (χ1) is 15.9. The maximum Gasteiger partial charge on any atom is 0.308 e. The second kappa shape index (κ2) is 8.83. The summed E-state index contributed by atoms with van der Waals surface area (Å²) in [7, 11) is -3.81. The molecule has 1 atom stereocenters. The minimum absolute atomic E-state index is 0.0540. The van der Waals surface area contributed by atoms with Gasteiger partial charge in [-0.3, -0.25) is 9.36 Å². The number of fused-ring (bicyclic) bond motifs is 2. The van der Waals surface area contributed by atoms with Gasteiger partial charge in [0.1, 0.15) is 12.7 Å². The Bertz CT molecular complexity index is 1500. The second-order valence-corrected chi connectivity index (χ2v) is 10.7. The molecule has 0 saturated heterocycles. The highest BCUT2D eigenvalue weighted by Gasteiger charge is 2.24. The molecule has 0 spiro atoms. The minimum atomic E-state index is -3.81. The van der Waals surface area contributed by atoms with Crippen molar-refractivity contribution in [3.05, 3.63) is 87.0 Å². The molecule has 1 aliphatic heterocycles. The summed E-state index contributed by atoms with van der Waals surface area (Å²) in [5, 5.41) is 0.573. The Kier molecular flexibility index (Phi) is 5.88. The summed E-state index contributed by atoms with van der Waals surface area (Å²) in [5.41, 5.74) is 1.47. The maximum atomic E-state index is 12.9. The number of thiazole rings is 1. The number of hydrogen-bond acceptors (Lipinski definition) is 6. The van der Waals surface area contributed by atoms with Gasteiger partial charge in [0.15, 0.2) is 11.5 Å². The largest absolute Gasteiger partial charge is 0.486 e. The second-order valence-electron chi connectivity index (χ2n) is 7.52. The average Bonchev–Trinajstić information content (AvgIpc) is 3.13. The standard InChI is InChI=1S/C23H19ClN2O5S2/c24-18-6-2-1-5-15(18)13-26-19-10-9-17(11-22(19)32-23(26)27)33(28,29)25-12-16-14-30-20-7-3-4-8-21(20)31-16/h1-11,16,25H,12-14H2/t16-/m0/s1. The van der Waals surface area contributed by atoms with Crippen molar-refractivity contribution in [3.63, 3.8) is 0 Å². The number of benzene rings is 3. The molecule has 0 bridgehead atoms. The van der Waals surface area contributed by atoms with Crippen LogP contribution in [0.1, 0.15) is 5.56 Å². The molecule has 0 aliphatic carbocycles. The lowest BCUT2D eigenvalue weighted by Crippen LogP contribution is -2.40. The highest BCUT2D eigenvalue weighted by molar-refractivity contribution is 7.89.